The number of amides is 3. The molecular weight excluding hydrogens is 372 g/mol. The average molecular weight is 395 g/mol. The van der Waals surface area contributed by atoms with Gasteiger partial charge in [-0.2, -0.15) is 0 Å². The molecule has 1 saturated carbocycles. The fourth-order valence-corrected chi connectivity index (χ4v) is 3.59. The van der Waals surface area contributed by atoms with Crippen LogP contribution < -0.4 is 15.4 Å². The second-order valence-corrected chi connectivity index (χ2v) is 7.36. The van der Waals surface area contributed by atoms with Crippen molar-refractivity contribution in [2.75, 3.05) is 13.2 Å². The molecule has 0 radical (unpaired) electrons. The summed E-state index contributed by atoms with van der Waals surface area (Å²) in [6, 6.07) is 4.78. The third-order valence-corrected chi connectivity index (χ3v) is 5.04. The highest BCUT2D eigenvalue weighted by atomic mass is 35.5. The lowest BCUT2D eigenvalue weighted by molar-refractivity contribution is -0.153. The first kappa shape index (κ1) is 19.5. The molecule has 1 aliphatic heterocycles. The van der Waals surface area contributed by atoms with Crippen LogP contribution in [0.3, 0.4) is 0 Å². The van der Waals surface area contributed by atoms with E-state index < -0.39 is 30.4 Å². The molecule has 1 aliphatic carbocycles. The number of carbonyl (C=O) groups is 3. The van der Waals surface area contributed by atoms with E-state index in [9.17, 15) is 14.4 Å². The van der Waals surface area contributed by atoms with Gasteiger partial charge in [0.2, 0.25) is 0 Å². The molecule has 1 aromatic carbocycles. The maximum atomic E-state index is 12.2. The van der Waals surface area contributed by atoms with Crippen LogP contribution >= 0.6 is 11.6 Å². The highest BCUT2D eigenvalue weighted by Gasteiger charge is 2.28. The minimum absolute atomic E-state index is 0.0976. The standard InChI is InChI=1S/C19H23ClN2O5/c20-14-6-7-16-12(9-14)8-13(10-26-16)18(24)27-11-17(23)22-19(25)21-15-4-2-1-3-5-15/h6-7,9,13,15H,1-5,8,10-11H2,(H2,21,22,23,25)/t13-/m1/s1. The van der Waals surface area contributed by atoms with E-state index in [-0.39, 0.29) is 12.6 Å². The highest BCUT2D eigenvalue weighted by molar-refractivity contribution is 6.30. The van der Waals surface area contributed by atoms with E-state index in [1.54, 1.807) is 18.2 Å². The number of esters is 1. The van der Waals surface area contributed by atoms with Crippen LogP contribution in [0.5, 0.6) is 5.75 Å². The predicted octanol–water partition coefficient (Wildman–Crippen LogP) is 2.59. The zero-order chi connectivity index (χ0) is 19.2. The summed E-state index contributed by atoms with van der Waals surface area (Å²) >= 11 is 5.96. The van der Waals surface area contributed by atoms with Crippen LogP contribution in [0.15, 0.2) is 18.2 Å². The van der Waals surface area contributed by atoms with Gasteiger partial charge in [-0.05, 0) is 43.0 Å². The number of ether oxygens (including phenoxy) is 2. The van der Waals surface area contributed by atoms with Gasteiger partial charge in [-0.1, -0.05) is 30.9 Å². The molecule has 146 valence electrons. The lowest BCUT2D eigenvalue weighted by atomic mass is 9.96. The SMILES string of the molecule is O=C(COC(=O)[C@H]1COc2ccc(Cl)cc2C1)NC(=O)NC1CCCCC1. The second-order valence-electron chi connectivity index (χ2n) is 6.93. The summed E-state index contributed by atoms with van der Waals surface area (Å²) in [5.41, 5.74) is 0.826. The summed E-state index contributed by atoms with van der Waals surface area (Å²) in [4.78, 5) is 35.8. The number of rotatable bonds is 4. The maximum absolute atomic E-state index is 12.2. The fourth-order valence-electron chi connectivity index (χ4n) is 3.40. The van der Waals surface area contributed by atoms with Gasteiger partial charge in [0, 0.05) is 11.1 Å². The molecule has 0 aromatic heterocycles. The summed E-state index contributed by atoms with van der Waals surface area (Å²) in [6.07, 6.45) is 5.60. The molecule has 2 aliphatic rings. The summed E-state index contributed by atoms with van der Waals surface area (Å²) in [6.45, 7) is -0.326. The van der Waals surface area contributed by atoms with E-state index in [4.69, 9.17) is 21.1 Å². The van der Waals surface area contributed by atoms with Crippen LogP contribution in [0.25, 0.3) is 0 Å². The molecule has 1 heterocycles. The fraction of sp³-hybridized carbons (Fsp3) is 0.526. The summed E-state index contributed by atoms with van der Waals surface area (Å²) < 4.78 is 10.6. The van der Waals surface area contributed by atoms with E-state index in [0.29, 0.717) is 17.2 Å². The smallest absolute Gasteiger partial charge is 0.321 e. The van der Waals surface area contributed by atoms with Crippen molar-refractivity contribution in [1.82, 2.24) is 10.6 Å². The predicted molar refractivity (Wildman–Crippen MR) is 98.6 cm³/mol. The van der Waals surface area contributed by atoms with Gasteiger partial charge in [-0.15, -0.1) is 0 Å². The van der Waals surface area contributed by atoms with Crippen molar-refractivity contribution >= 4 is 29.5 Å². The number of hydrogen-bond acceptors (Lipinski definition) is 5. The second kappa shape index (κ2) is 9.08. The van der Waals surface area contributed by atoms with Crippen LogP contribution in [0.1, 0.15) is 37.7 Å². The van der Waals surface area contributed by atoms with Gasteiger partial charge in [-0.25, -0.2) is 4.79 Å². The Balaban J connectivity index is 1.41. The van der Waals surface area contributed by atoms with Crippen molar-refractivity contribution in [1.29, 1.82) is 0 Å². The minimum atomic E-state index is -0.656. The Morgan fingerprint density at radius 1 is 1.19 bits per heavy atom. The van der Waals surface area contributed by atoms with Crippen LogP contribution in [-0.2, 0) is 20.7 Å². The number of imide groups is 1. The van der Waals surface area contributed by atoms with Crippen molar-refractivity contribution < 1.29 is 23.9 Å². The Morgan fingerprint density at radius 3 is 2.74 bits per heavy atom. The number of fused-ring (bicyclic) bond motifs is 1. The zero-order valence-corrected chi connectivity index (χ0v) is 15.7. The number of hydrogen-bond donors (Lipinski definition) is 2. The van der Waals surface area contributed by atoms with Gasteiger partial charge >= 0.3 is 12.0 Å². The molecule has 0 bridgehead atoms. The van der Waals surface area contributed by atoms with Gasteiger partial charge in [0.05, 0.1) is 5.92 Å². The van der Waals surface area contributed by atoms with Crippen molar-refractivity contribution in [3.8, 4) is 5.75 Å². The number of carbonyl (C=O) groups excluding carboxylic acids is 3. The van der Waals surface area contributed by atoms with Gasteiger partial charge in [0.25, 0.3) is 5.91 Å². The first-order chi connectivity index (χ1) is 13.0. The van der Waals surface area contributed by atoms with E-state index in [0.717, 1.165) is 31.2 Å². The number of benzene rings is 1. The molecule has 1 atom stereocenters. The quantitative estimate of drug-likeness (QED) is 0.765. The van der Waals surface area contributed by atoms with E-state index in [1.807, 2.05) is 0 Å². The third kappa shape index (κ3) is 5.60. The molecule has 3 rings (SSSR count). The largest absolute Gasteiger partial charge is 0.492 e. The first-order valence-electron chi connectivity index (χ1n) is 9.19. The van der Waals surface area contributed by atoms with E-state index in [2.05, 4.69) is 10.6 Å². The van der Waals surface area contributed by atoms with Crippen molar-refractivity contribution in [3.05, 3.63) is 28.8 Å². The van der Waals surface area contributed by atoms with Gasteiger partial charge in [0.1, 0.15) is 12.4 Å². The monoisotopic (exact) mass is 394 g/mol. The van der Waals surface area contributed by atoms with Crippen molar-refractivity contribution in [2.24, 2.45) is 5.92 Å². The lowest BCUT2D eigenvalue weighted by Crippen LogP contribution is -2.46. The first-order valence-corrected chi connectivity index (χ1v) is 9.57. The Morgan fingerprint density at radius 2 is 1.96 bits per heavy atom. The van der Waals surface area contributed by atoms with Crippen molar-refractivity contribution in [2.45, 2.75) is 44.6 Å². The molecule has 8 heteroatoms. The number of nitrogens with one attached hydrogen (secondary N) is 2. The van der Waals surface area contributed by atoms with Gasteiger partial charge in [0.15, 0.2) is 6.61 Å². The average Bonchev–Trinajstić information content (AvgIpc) is 2.66. The number of urea groups is 1. The Bertz CT molecular complexity index is 718. The lowest BCUT2D eigenvalue weighted by Gasteiger charge is -2.24. The van der Waals surface area contributed by atoms with Crippen LogP contribution in [0.4, 0.5) is 4.79 Å². The molecule has 2 N–H and O–H groups in total. The molecule has 0 spiro atoms. The maximum Gasteiger partial charge on any atom is 0.321 e. The Labute approximate surface area is 162 Å². The summed E-state index contributed by atoms with van der Waals surface area (Å²) in [5, 5.41) is 5.53. The summed E-state index contributed by atoms with van der Waals surface area (Å²) in [5.74, 6) is -1.01. The Hall–Kier alpha value is -2.28. The molecule has 0 unspecified atom stereocenters. The molecule has 0 saturated heterocycles. The summed E-state index contributed by atoms with van der Waals surface area (Å²) in [7, 11) is 0. The topological polar surface area (TPSA) is 93.7 Å². The molecule has 27 heavy (non-hydrogen) atoms. The molecule has 1 aromatic rings. The zero-order valence-electron chi connectivity index (χ0n) is 15.0. The Kier molecular flexibility index (Phi) is 6.55. The van der Waals surface area contributed by atoms with Crippen LogP contribution in [0, 0.1) is 5.92 Å². The normalized spacial score (nSPS) is 19.4. The van der Waals surface area contributed by atoms with E-state index in [1.165, 1.54) is 6.42 Å². The van der Waals surface area contributed by atoms with Gasteiger partial charge < -0.3 is 14.8 Å². The third-order valence-electron chi connectivity index (χ3n) is 4.80. The highest BCUT2D eigenvalue weighted by Crippen LogP contribution is 2.30. The molecular formula is C19H23ClN2O5. The molecule has 3 amide bonds. The van der Waals surface area contributed by atoms with Crippen LogP contribution in [-0.4, -0.2) is 37.2 Å². The number of halogens is 1. The molecule has 7 nitrogen and oxygen atoms in total. The van der Waals surface area contributed by atoms with E-state index >= 15 is 0 Å². The van der Waals surface area contributed by atoms with Crippen molar-refractivity contribution in [3.63, 3.8) is 0 Å². The van der Waals surface area contributed by atoms with Crippen LogP contribution in [0.2, 0.25) is 5.02 Å². The molecule has 1 fully saturated rings. The minimum Gasteiger partial charge on any atom is -0.492 e. The van der Waals surface area contributed by atoms with Gasteiger partial charge in [-0.3, -0.25) is 14.9 Å².